The lowest BCUT2D eigenvalue weighted by Gasteiger charge is -2.30. The molecular formula is C68H45N13. The van der Waals surface area contributed by atoms with Crippen molar-refractivity contribution in [3.63, 3.8) is 0 Å². The van der Waals surface area contributed by atoms with Crippen LogP contribution in [0.5, 0.6) is 0 Å². The molecule has 0 aliphatic carbocycles. The number of para-hydroxylation sites is 5. The first kappa shape index (κ1) is 46.0. The van der Waals surface area contributed by atoms with Gasteiger partial charge in [-0.3, -0.25) is 18.3 Å². The predicted molar refractivity (Wildman–Crippen MR) is 320 cm³/mol. The number of imidazole rings is 4. The van der Waals surface area contributed by atoms with Gasteiger partial charge in [-0.25, -0.2) is 39.9 Å². The summed E-state index contributed by atoms with van der Waals surface area (Å²) in [6.07, 6.45) is 8.58. The van der Waals surface area contributed by atoms with Crippen LogP contribution in [0.2, 0.25) is 0 Å². The van der Waals surface area contributed by atoms with Crippen molar-refractivity contribution in [2.75, 3.05) is 4.90 Å². The normalized spacial score (nSPS) is 12.3. The Hall–Kier alpha value is -11.2. The average molecular weight is 1040 g/mol. The lowest BCUT2D eigenvalue weighted by molar-refractivity contribution is 0.965. The maximum absolute atomic E-state index is 5.56. The fourth-order valence-corrected chi connectivity index (χ4v) is 11.8. The molecule has 1 aliphatic heterocycles. The van der Waals surface area contributed by atoms with Gasteiger partial charge in [-0.15, -0.1) is 0 Å². The molecule has 0 atom stereocenters. The molecule has 9 heterocycles. The maximum Gasteiger partial charge on any atom is 0.164 e. The number of pyridine rings is 4. The fourth-order valence-electron chi connectivity index (χ4n) is 11.8. The van der Waals surface area contributed by atoms with Crippen molar-refractivity contribution >= 4 is 61.7 Å². The van der Waals surface area contributed by atoms with E-state index < -0.39 is 0 Å². The molecule has 382 valence electrons. The van der Waals surface area contributed by atoms with E-state index in [9.17, 15) is 0 Å². The zero-order valence-corrected chi connectivity index (χ0v) is 43.4. The third kappa shape index (κ3) is 7.54. The minimum absolute atomic E-state index is 0.617. The van der Waals surface area contributed by atoms with Crippen molar-refractivity contribution in [2.24, 2.45) is 0 Å². The largest absolute Gasteiger partial charge is 0.310 e. The van der Waals surface area contributed by atoms with Gasteiger partial charge < -0.3 is 4.90 Å². The summed E-state index contributed by atoms with van der Waals surface area (Å²) in [5, 5.41) is 0. The molecule has 15 aromatic rings. The van der Waals surface area contributed by atoms with Gasteiger partial charge in [-0.1, -0.05) is 91.0 Å². The monoisotopic (exact) mass is 1040 g/mol. The second kappa shape index (κ2) is 18.8. The van der Waals surface area contributed by atoms with Crippen LogP contribution in [-0.2, 0) is 12.8 Å². The molecule has 13 nitrogen and oxygen atoms in total. The zero-order chi connectivity index (χ0) is 53.4. The number of nitrogens with zero attached hydrogens (tertiary/aromatic N) is 13. The Morgan fingerprint density at radius 1 is 0.272 bits per heavy atom. The van der Waals surface area contributed by atoms with Crippen molar-refractivity contribution in [1.29, 1.82) is 0 Å². The molecule has 7 aromatic carbocycles. The topological polar surface area (TPSA) is 126 Å². The van der Waals surface area contributed by atoms with Crippen molar-refractivity contribution in [2.45, 2.75) is 12.8 Å². The van der Waals surface area contributed by atoms with Crippen LogP contribution < -0.4 is 4.90 Å². The highest BCUT2D eigenvalue weighted by molar-refractivity contribution is 5.96. The second-order valence-electron chi connectivity index (χ2n) is 20.0. The van der Waals surface area contributed by atoms with Gasteiger partial charge in [-0.2, -0.15) is 0 Å². The van der Waals surface area contributed by atoms with Crippen LogP contribution in [0.4, 0.5) is 17.1 Å². The molecule has 1 aliphatic rings. The van der Waals surface area contributed by atoms with E-state index in [1.807, 2.05) is 97.6 Å². The first-order valence-corrected chi connectivity index (χ1v) is 27.0. The van der Waals surface area contributed by atoms with Crippen molar-refractivity contribution in [3.8, 4) is 68.3 Å². The van der Waals surface area contributed by atoms with Gasteiger partial charge in [-0.05, 0) is 157 Å². The van der Waals surface area contributed by atoms with Crippen LogP contribution in [-0.4, -0.2) is 58.1 Å². The first-order valence-electron chi connectivity index (χ1n) is 27.0. The minimum Gasteiger partial charge on any atom is -0.310 e. The molecule has 0 spiro atoms. The Morgan fingerprint density at radius 3 is 0.877 bits per heavy atom. The molecule has 0 radical (unpaired) electrons. The van der Waals surface area contributed by atoms with Gasteiger partial charge in [0.05, 0.1) is 11.4 Å². The lowest BCUT2D eigenvalue weighted by atomic mass is 9.93. The lowest BCUT2D eigenvalue weighted by Crippen LogP contribution is -2.14. The molecule has 0 bridgehead atoms. The molecule has 0 N–H and O–H groups in total. The molecule has 81 heavy (non-hydrogen) atoms. The van der Waals surface area contributed by atoms with Gasteiger partial charge in [0.15, 0.2) is 22.6 Å². The maximum atomic E-state index is 5.56. The molecule has 8 aromatic heterocycles. The molecule has 0 saturated carbocycles. The highest BCUT2D eigenvalue weighted by Crippen LogP contribution is 2.51. The molecule has 0 fully saturated rings. The highest BCUT2D eigenvalue weighted by atomic mass is 15.2. The van der Waals surface area contributed by atoms with Gasteiger partial charge in [0.25, 0.3) is 0 Å². The fraction of sp³-hybridized carbons (Fsp3) is 0.0294. The molecule has 0 unspecified atom stereocenters. The van der Waals surface area contributed by atoms with E-state index in [0.717, 1.165) is 141 Å². The number of fused-ring (bicyclic) bond motifs is 6. The predicted octanol–water partition coefficient (Wildman–Crippen LogP) is 14.9. The van der Waals surface area contributed by atoms with Crippen molar-refractivity contribution in [3.05, 3.63) is 260 Å². The van der Waals surface area contributed by atoms with Gasteiger partial charge in [0.1, 0.15) is 45.4 Å². The molecule has 13 heteroatoms. The summed E-state index contributed by atoms with van der Waals surface area (Å²) >= 11 is 0. The van der Waals surface area contributed by atoms with E-state index in [1.54, 1.807) is 0 Å². The van der Waals surface area contributed by atoms with Crippen LogP contribution in [0.3, 0.4) is 0 Å². The Labute approximate surface area is 464 Å². The van der Waals surface area contributed by atoms with Crippen molar-refractivity contribution < 1.29 is 0 Å². The summed E-state index contributed by atoms with van der Waals surface area (Å²) in [4.78, 5) is 44.4. The summed E-state index contributed by atoms with van der Waals surface area (Å²) in [7, 11) is 0. The highest BCUT2D eigenvalue weighted by Gasteiger charge is 2.33. The number of aromatic nitrogens is 12. The molecule has 0 saturated heterocycles. The Bertz CT molecular complexity index is 4590. The summed E-state index contributed by atoms with van der Waals surface area (Å²) in [6.45, 7) is 0. The molecule has 0 amide bonds. The van der Waals surface area contributed by atoms with E-state index >= 15 is 0 Å². The number of anilines is 3. The Morgan fingerprint density at radius 2 is 0.556 bits per heavy atom. The summed E-state index contributed by atoms with van der Waals surface area (Å²) in [5.74, 6) is 2.99. The summed E-state index contributed by atoms with van der Waals surface area (Å²) in [5.41, 5.74) is 18.6. The van der Waals surface area contributed by atoms with Crippen molar-refractivity contribution in [1.82, 2.24) is 58.1 Å². The molecule has 16 rings (SSSR count). The average Bonchev–Trinajstić information content (AvgIpc) is 4.47. The smallest absolute Gasteiger partial charge is 0.164 e. The Balaban J connectivity index is 1.05. The SMILES string of the molecule is c1ccc(N2c3cc(-c4nc5cccnc5n4-c4ccccc4)cc(-c4nc5cccnc5n4-c4ccccc4)c3CCc3c(-c4nc5cccnc5n4-c4ccccc4)cc(-c4nc5cccnc5n4-c4ccccc4)cc32)cc1. The van der Waals surface area contributed by atoms with Gasteiger partial charge in [0, 0.05) is 75.5 Å². The third-order valence-corrected chi connectivity index (χ3v) is 15.3. The van der Waals surface area contributed by atoms with E-state index in [0.29, 0.717) is 12.8 Å². The zero-order valence-electron chi connectivity index (χ0n) is 43.4. The summed E-state index contributed by atoms with van der Waals surface area (Å²) < 4.78 is 8.73. The summed E-state index contributed by atoms with van der Waals surface area (Å²) in [6, 6.07) is 77.3. The number of benzene rings is 7. The van der Waals surface area contributed by atoms with Crippen LogP contribution in [0.1, 0.15) is 11.1 Å². The standard InChI is InChI=1S/C68H45N13/c1-6-20-46(21-7-1)77-59-42-44(61-73-55-30-16-36-69-65(55)78(61)47-22-8-2-9-23-47)40-53(63-75-57-32-18-38-71-67(57)80(63)49-26-12-4-13-27-49)51(59)34-35-52-54(64-76-58-33-19-39-72-68(58)81(64)50-28-14-5-15-29-50)41-45(43-60(52)77)62-74-56-31-17-37-70-66(56)79(62)48-24-10-3-11-25-48/h1-33,36-43H,34-35H2. The van der Waals surface area contributed by atoms with E-state index in [4.69, 9.17) is 39.9 Å². The third-order valence-electron chi connectivity index (χ3n) is 15.3. The molecular weight excluding hydrogens is 999 g/mol. The van der Waals surface area contributed by atoms with Crippen LogP contribution in [0.15, 0.2) is 249 Å². The van der Waals surface area contributed by atoms with Crippen LogP contribution >= 0.6 is 0 Å². The van der Waals surface area contributed by atoms with Gasteiger partial charge >= 0.3 is 0 Å². The quantitative estimate of drug-likeness (QED) is 0.139. The van der Waals surface area contributed by atoms with E-state index in [-0.39, 0.29) is 0 Å². The number of hydrogen-bond donors (Lipinski definition) is 0. The number of hydrogen-bond acceptors (Lipinski definition) is 9. The van der Waals surface area contributed by atoms with Gasteiger partial charge in [0.2, 0.25) is 0 Å². The van der Waals surface area contributed by atoms with Crippen LogP contribution in [0.25, 0.3) is 113 Å². The minimum atomic E-state index is 0.617. The van der Waals surface area contributed by atoms with Crippen LogP contribution in [0, 0.1) is 0 Å². The Kier molecular flexibility index (Phi) is 10.7. The first-order chi connectivity index (χ1) is 40.2. The van der Waals surface area contributed by atoms with E-state index in [1.165, 1.54) is 0 Å². The second-order valence-corrected chi connectivity index (χ2v) is 20.0. The van der Waals surface area contributed by atoms with E-state index in [2.05, 4.69) is 175 Å². The number of rotatable bonds is 9.